The van der Waals surface area contributed by atoms with Crippen LogP contribution in [0.2, 0.25) is 18.1 Å². The Morgan fingerprint density at radius 1 is 1.11 bits per heavy atom. The Morgan fingerprint density at radius 2 is 1.80 bits per heavy atom. The number of hydrogen-bond acceptors (Lipinski definition) is 7. The lowest BCUT2D eigenvalue weighted by molar-refractivity contribution is -0.140. The summed E-state index contributed by atoms with van der Waals surface area (Å²) in [5.41, 5.74) is 0.837. The molecule has 0 radical (unpaired) electrons. The first-order valence-corrected chi connectivity index (χ1v) is 19.8. The Morgan fingerprint density at radius 3 is 2.44 bits per heavy atom. The van der Waals surface area contributed by atoms with E-state index in [1.54, 1.807) is 22.4 Å². The Kier molecular flexibility index (Phi) is 10.8. The maximum absolute atomic E-state index is 14.2. The van der Waals surface area contributed by atoms with Crippen LogP contribution in [0.4, 0.5) is 4.79 Å². The van der Waals surface area contributed by atoms with E-state index in [9.17, 15) is 24.3 Å². The summed E-state index contributed by atoms with van der Waals surface area (Å²) in [7, 11) is -0.735. The molecule has 0 bridgehead atoms. The van der Waals surface area contributed by atoms with Gasteiger partial charge in [-0.2, -0.15) is 0 Å². The zero-order valence-electron chi connectivity index (χ0n) is 27.6. The minimum atomic E-state index is -2.08. The standard InChI is InChI=1S/C33H48N4O6SSi/c1-21(36(5)32(41)42)29(39)35-27(22-13-9-8-10-14-22)31(40)37-18-12-17-26(37)30-34-25(20-44-30)28(38)23-15-11-16-24(19-23)43-45(6,7)33(2,3)4/h11,15-16,19-22,26-27H,8-10,12-14,17-18H2,1-7H3,(H,35,39)(H,41,42)/t21?,26?,27-/m0/s1. The number of amides is 3. The smallest absolute Gasteiger partial charge is 0.407 e. The van der Waals surface area contributed by atoms with Crippen molar-refractivity contribution in [2.24, 2.45) is 5.92 Å². The van der Waals surface area contributed by atoms with Crippen molar-refractivity contribution < 1.29 is 28.7 Å². The Labute approximate surface area is 271 Å². The summed E-state index contributed by atoms with van der Waals surface area (Å²) in [5.74, 6) is -0.191. The molecular formula is C33H48N4O6SSi. The van der Waals surface area contributed by atoms with Crippen LogP contribution >= 0.6 is 11.3 Å². The topological polar surface area (TPSA) is 129 Å². The van der Waals surface area contributed by atoms with Gasteiger partial charge in [-0.15, -0.1) is 11.3 Å². The first-order chi connectivity index (χ1) is 21.1. The van der Waals surface area contributed by atoms with Gasteiger partial charge >= 0.3 is 6.09 Å². The molecule has 3 atom stereocenters. The molecule has 1 aromatic carbocycles. The molecule has 1 aliphatic carbocycles. The van der Waals surface area contributed by atoms with Crippen LogP contribution in [0.15, 0.2) is 29.6 Å². The van der Waals surface area contributed by atoms with Crippen LogP contribution in [0, 0.1) is 5.92 Å². The molecule has 2 fully saturated rings. The highest BCUT2D eigenvalue weighted by atomic mass is 32.1. The predicted octanol–water partition coefficient (Wildman–Crippen LogP) is 6.49. The molecule has 2 N–H and O–H groups in total. The Hall–Kier alpha value is -3.25. The zero-order valence-corrected chi connectivity index (χ0v) is 29.4. The number of likely N-dealkylation sites (tertiary alicyclic amines) is 1. The van der Waals surface area contributed by atoms with Gasteiger partial charge in [0.05, 0.1) is 6.04 Å². The molecule has 2 unspecified atom stereocenters. The fourth-order valence-corrected chi connectivity index (χ4v) is 7.74. The van der Waals surface area contributed by atoms with Crippen molar-refractivity contribution in [3.63, 3.8) is 0 Å². The van der Waals surface area contributed by atoms with Crippen LogP contribution in [-0.2, 0) is 9.59 Å². The lowest BCUT2D eigenvalue weighted by Crippen LogP contribution is -2.56. The third-order valence-corrected chi connectivity index (χ3v) is 15.1. The number of carboxylic acid groups (broad SMARTS) is 1. The summed E-state index contributed by atoms with van der Waals surface area (Å²) in [6, 6.07) is 5.29. The highest BCUT2D eigenvalue weighted by Gasteiger charge is 2.41. The van der Waals surface area contributed by atoms with Gasteiger partial charge in [-0.05, 0) is 68.8 Å². The normalized spacial score (nSPS) is 19.1. The quantitative estimate of drug-likeness (QED) is 0.221. The molecule has 1 aliphatic heterocycles. The molecule has 1 saturated carbocycles. The number of ketones is 1. The van der Waals surface area contributed by atoms with E-state index in [4.69, 9.17) is 9.41 Å². The molecule has 2 heterocycles. The Bertz CT molecular complexity index is 1400. The highest BCUT2D eigenvalue weighted by Crippen LogP contribution is 2.39. The largest absolute Gasteiger partial charge is 0.543 e. The zero-order chi connectivity index (χ0) is 33.1. The number of rotatable bonds is 10. The fraction of sp³-hybridized carbons (Fsp3) is 0.606. The van der Waals surface area contributed by atoms with Gasteiger partial charge in [0.1, 0.15) is 28.5 Å². The summed E-state index contributed by atoms with van der Waals surface area (Å²) in [6.45, 7) is 12.9. The van der Waals surface area contributed by atoms with Gasteiger partial charge in [0.15, 0.2) is 0 Å². The van der Waals surface area contributed by atoms with Gasteiger partial charge in [0, 0.05) is 24.5 Å². The summed E-state index contributed by atoms with van der Waals surface area (Å²) in [6.07, 6.45) is 5.01. The van der Waals surface area contributed by atoms with Crippen LogP contribution in [0.1, 0.15) is 99.7 Å². The van der Waals surface area contributed by atoms with Crippen molar-refractivity contribution in [1.82, 2.24) is 20.1 Å². The highest BCUT2D eigenvalue weighted by molar-refractivity contribution is 7.10. The number of carbonyl (C=O) groups is 4. The van der Waals surface area contributed by atoms with E-state index in [1.807, 2.05) is 12.1 Å². The SMILES string of the molecule is CC(C(=O)N[C@H](C(=O)N1CCCC1c1nc(C(=O)c2cccc(O[Si](C)(C)C(C)(C)C)c2)cs1)C1CCCCC1)N(C)C(=O)O. The van der Waals surface area contributed by atoms with Gasteiger partial charge in [0.25, 0.3) is 0 Å². The minimum absolute atomic E-state index is 0.0203. The van der Waals surface area contributed by atoms with E-state index in [2.05, 4.69) is 39.2 Å². The Balaban J connectivity index is 1.52. The fourth-order valence-electron chi connectivity index (χ4n) is 5.77. The monoisotopic (exact) mass is 656 g/mol. The lowest BCUT2D eigenvalue weighted by atomic mass is 9.83. The second kappa shape index (κ2) is 14.0. The van der Waals surface area contributed by atoms with Crippen molar-refractivity contribution in [3.8, 4) is 5.75 Å². The van der Waals surface area contributed by atoms with E-state index in [1.165, 1.54) is 25.3 Å². The lowest BCUT2D eigenvalue weighted by Gasteiger charge is -2.36. The molecule has 2 aromatic rings. The van der Waals surface area contributed by atoms with E-state index in [-0.39, 0.29) is 28.7 Å². The number of aromatic nitrogens is 1. The summed E-state index contributed by atoms with van der Waals surface area (Å²) < 4.78 is 6.42. The molecule has 10 nitrogen and oxygen atoms in total. The van der Waals surface area contributed by atoms with E-state index < -0.39 is 32.4 Å². The second-order valence-corrected chi connectivity index (χ2v) is 19.5. The molecule has 45 heavy (non-hydrogen) atoms. The molecular weight excluding hydrogens is 609 g/mol. The first kappa shape index (κ1) is 34.6. The number of benzene rings is 1. The van der Waals surface area contributed by atoms with Crippen LogP contribution in [0.3, 0.4) is 0 Å². The number of likely N-dealkylation sites (N-methyl/N-ethyl adjacent to an activating group) is 1. The van der Waals surface area contributed by atoms with Crippen molar-refractivity contribution in [3.05, 3.63) is 45.9 Å². The minimum Gasteiger partial charge on any atom is -0.543 e. The molecule has 0 spiro atoms. The van der Waals surface area contributed by atoms with Crippen molar-refractivity contribution in [2.75, 3.05) is 13.6 Å². The summed E-state index contributed by atoms with van der Waals surface area (Å²) in [5, 5.41) is 14.8. The van der Waals surface area contributed by atoms with Gasteiger partial charge < -0.3 is 19.7 Å². The van der Waals surface area contributed by atoms with Gasteiger partial charge in [-0.1, -0.05) is 52.2 Å². The van der Waals surface area contributed by atoms with E-state index in [0.717, 1.165) is 43.4 Å². The number of hydrogen-bond donors (Lipinski definition) is 2. The van der Waals surface area contributed by atoms with Gasteiger partial charge in [0.2, 0.25) is 25.9 Å². The van der Waals surface area contributed by atoms with Gasteiger partial charge in [-0.25, -0.2) is 9.78 Å². The third kappa shape index (κ3) is 7.95. The predicted molar refractivity (Wildman–Crippen MR) is 177 cm³/mol. The van der Waals surface area contributed by atoms with E-state index in [0.29, 0.717) is 35.0 Å². The van der Waals surface area contributed by atoms with Crippen molar-refractivity contribution >= 4 is 43.3 Å². The maximum atomic E-state index is 14.2. The maximum Gasteiger partial charge on any atom is 0.407 e. The summed E-state index contributed by atoms with van der Waals surface area (Å²) >= 11 is 1.37. The van der Waals surface area contributed by atoms with Crippen LogP contribution in [0.25, 0.3) is 0 Å². The van der Waals surface area contributed by atoms with Crippen LogP contribution in [0.5, 0.6) is 5.75 Å². The third-order valence-electron chi connectivity index (χ3n) is 9.80. The van der Waals surface area contributed by atoms with Crippen LogP contribution < -0.4 is 9.74 Å². The molecule has 4 rings (SSSR count). The molecule has 1 aromatic heterocycles. The number of carbonyl (C=O) groups excluding carboxylic acids is 3. The molecule has 2 aliphatic rings. The summed E-state index contributed by atoms with van der Waals surface area (Å²) in [4.78, 5) is 59.8. The number of nitrogens with one attached hydrogen (secondary N) is 1. The average Bonchev–Trinajstić information content (AvgIpc) is 3.68. The molecule has 246 valence electrons. The van der Waals surface area contributed by atoms with Gasteiger partial charge in [-0.3, -0.25) is 19.3 Å². The van der Waals surface area contributed by atoms with Crippen LogP contribution in [-0.4, -0.2) is 77.6 Å². The molecule has 12 heteroatoms. The second-order valence-electron chi connectivity index (χ2n) is 13.9. The molecule has 3 amide bonds. The van der Waals surface area contributed by atoms with E-state index >= 15 is 0 Å². The van der Waals surface area contributed by atoms with Crippen molar-refractivity contribution in [1.29, 1.82) is 0 Å². The number of thiazole rings is 1. The average molecular weight is 657 g/mol. The molecule has 1 saturated heterocycles. The van der Waals surface area contributed by atoms with Crippen molar-refractivity contribution in [2.45, 2.75) is 109 Å². The number of nitrogens with zero attached hydrogens (tertiary/aromatic N) is 3. The first-order valence-electron chi connectivity index (χ1n) is 16.0.